The van der Waals surface area contributed by atoms with Crippen LogP contribution in [0.25, 0.3) is 0 Å². The summed E-state index contributed by atoms with van der Waals surface area (Å²) in [7, 11) is 0. The largest absolute Gasteiger partial charge is 0.471 e. The Morgan fingerprint density at radius 2 is 1.07 bits per heavy atom. The maximum atomic E-state index is 13.3. The number of nitrogens with one attached hydrogen (secondary N) is 5. The first-order valence-corrected chi connectivity index (χ1v) is 23.8. The molecule has 2 heterocycles. The minimum Gasteiger partial charge on any atom is -0.379 e. The number of rotatable bonds is 30. The Labute approximate surface area is 403 Å². The lowest BCUT2D eigenvalue weighted by Gasteiger charge is -2.44. The topological polar surface area (TPSA) is 236 Å². The molecule has 1 aromatic carbocycles. The molecule has 0 spiro atoms. The van der Waals surface area contributed by atoms with Crippen LogP contribution in [0.4, 0.5) is 18.9 Å². The number of anilines is 1. The average molecular weight is 990 g/mol. The van der Waals surface area contributed by atoms with E-state index < -0.39 is 48.8 Å². The van der Waals surface area contributed by atoms with E-state index in [0.717, 1.165) is 12.8 Å². The normalized spacial score (nSPS) is 24.8. The van der Waals surface area contributed by atoms with Crippen LogP contribution in [0.5, 0.6) is 0 Å². The van der Waals surface area contributed by atoms with E-state index in [1.807, 2.05) is 13.8 Å². The summed E-state index contributed by atoms with van der Waals surface area (Å²) in [6.07, 6.45) is -4.50. The predicted octanol–water partition coefficient (Wildman–Crippen LogP) is 3.92. The van der Waals surface area contributed by atoms with Crippen molar-refractivity contribution < 1.29 is 79.8 Å². The molecular formula is C47H74F3N5O14. The van der Waals surface area contributed by atoms with Gasteiger partial charge in [0.25, 0.3) is 5.91 Å². The van der Waals surface area contributed by atoms with Gasteiger partial charge in [0, 0.05) is 50.2 Å². The van der Waals surface area contributed by atoms with Gasteiger partial charge in [-0.15, -0.1) is 0 Å². The highest BCUT2D eigenvalue weighted by molar-refractivity contribution is 6.04. The summed E-state index contributed by atoms with van der Waals surface area (Å²) in [6.45, 7) is 16.5. The molecule has 2 aliphatic rings. The van der Waals surface area contributed by atoms with E-state index in [9.17, 15) is 41.9 Å². The fourth-order valence-corrected chi connectivity index (χ4v) is 8.05. The van der Waals surface area contributed by atoms with Gasteiger partial charge in [-0.3, -0.25) is 28.8 Å². The molecule has 19 nitrogen and oxygen atoms in total. The number of carbonyl (C=O) groups excluding carboxylic acids is 6. The first-order valence-electron chi connectivity index (χ1n) is 23.8. The van der Waals surface area contributed by atoms with Crippen molar-refractivity contribution in [3.8, 4) is 0 Å². The fraction of sp³-hybridized carbons (Fsp3) is 0.745. The molecule has 0 saturated carbocycles. The van der Waals surface area contributed by atoms with Crippen molar-refractivity contribution in [1.29, 1.82) is 0 Å². The smallest absolute Gasteiger partial charge is 0.379 e. The molecule has 0 aromatic heterocycles. The van der Waals surface area contributed by atoms with Crippen LogP contribution in [0.2, 0.25) is 0 Å². The van der Waals surface area contributed by atoms with Gasteiger partial charge in [0.2, 0.25) is 17.7 Å². The highest BCUT2D eigenvalue weighted by Crippen LogP contribution is 2.34. The summed E-state index contributed by atoms with van der Waals surface area (Å²) in [5, 5.41) is 12.4. The van der Waals surface area contributed by atoms with Crippen LogP contribution in [0.1, 0.15) is 102 Å². The highest BCUT2D eigenvalue weighted by Gasteiger charge is 2.43. The van der Waals surface area contributed by atoms with Crippen LogP contribution < -0.4 is 26.6 Å². The van der Waals surface area contributed by atoms with Crippen LogP contribution >= 0.6 is 0 Å². The van der Waals surface area contributed by atoms with Gasteiger partial charge in [-0.2, -0.15) is 13.2 Å². The molecule has 10 atom stereocenters. The lowest BCUT2D eigenvalue weighted by molar-refractivity contribution is -0.239. The number of ether oxygens (including phenoxy) is 8. The zero-order valence-electron chi connectivity index (χ0n) is 41.2. The summed E-state index contributed by atoms with van der Waals surface area (Å²) in [4.78, 5) is 73.8. The molecule has 2 fully saturated rings. The predicted molar refractivity (Wildman–Crippen MR) is 245 cm³/mol. The number of amides is 5. The Bertz CT molecular complexity index is 1690. The molecule has 22 heteroatoms. The number of ketones is 1. The highest BCUT2D eigenvalue weighted by atomic mass is 19.4. The summed E-state index contributed by atoms with van der Waals surface area (Å²) < 4.78 is 84.6. The van der Waals surface area contributed by atoms with Crippen LogP contribution in [0.15, 0.2) is 18.2 Å². The maximum Gasteiger partial charge on any atom is 0.471 e. The number of benzene rings is 1. The van der Waals surface area contributed by atoms with Gasteiger partial charge in [-0.1, -0.05) is 41.5 Å². The lowest BCUT2D eigenvalue weighted by Crippen LogP contribution is -2.57. The van der Waals surface area contributed by atoms with E-state index >= 15 is 0 Å². The van der Waals surface area contributed by atoms with E-state index in [4.69, 9.17) is 37.9 Å². The zero-order valence-corrected chi connectivity index (χ0v) is 41.2. The second-order valence-electron chi connectivity index (χ2n) is 17.3. The van der Waals surface area contributed by atoms with Crippen LogP contribution in [-0.4, -0.2) is 158 Å². The van der Waals surface area contributed by atoms with Gasteiger partial charge < -0.3 is 64.5 Å². The van der Waals surface area contributed by atoms with Gasteiger partial charge in [0.15, 0.2) is 18.4 Å². The third-order valence-corrected chi connectivity index (χ3v) is 12.2. The number of halogens is 3. The van der Waals surface area contributed by atoms with E-state index in [-0.39, 0.29) is 156 Å². The molecule has 0 aliphatic carbocycles. The van der Waals surface area contributed by atoms with Crippen molar-refractivity contribution in [1.82, 2.24) is 21.3 Å². The molecule has 5 N–H and O–H groups in total. The second-order valence-corrected chi connectivity index (χ2v) is 17.3. The number of carbonyl (C=O) groups is 6. The van der Waals surface area contributed by atoms with Gasteiger partial charge in [0.1, 0.15) is 0 Å². The fourth-order valence-electron chi connectivity index (χ4n) is 8.05. The second kappa shape index (κ2) is 30.4. The van der Waals surface area contributed by atoms with E-state index in [1.165, 1.54) is 37.4 Å². The zero-order chi connectivity index (χ0) is 51.1. The van der Waals surface area contributed by atoms with Gasteiger partial charge in [0.05, 0.1) is 90.3 Å². The molecule has 392 valence electrons. The number of Topliss-reactive ketones (excluding diaryl/α,β-unsaturated/α-hetero) is 1. The van der Waals surface area contributed by atoms with Gasteiger partial charge >= 0.3 is 12.1 Å². The molecule has 0 bridgehead atoms. The standard InChI is InChI=1S/C47H74F3N5O14/c1-9-38-28(3)30(5)41(53-32(7)56)44(68-38)66-22-20-64-18-16-62-14-11-12-37(58)34-24-35(26-36(25-34)55-40(59)27-52-46(61)47(48,49)50)43(60)51-13-15-63-17-19-65-21-23-67-45-42(54-33(8)57)31(6)29(4)39(10-2)69-45/h24-26,28-31,38-39,41-42,44-45H,9-23,27H2,1-8H3,(H,51,60)(H,52,61)(H,53,56)(H,54,57)(H,55,59)/t28-,29-,30+,31+,38-,39-,41-,42-,44?,45?/m1/s1. The molecule has 2 unspecified atom stereocenters. The number of hydrogen-bond acceptors (Lipinski definition) is 14. The Kier molecular flexibility index (Phi) is 26.0. The molecule has 1 aromatic rings. The van der Waals surface area contributed by atoms with Crippen molar-refractivity contribution >= 4 is 41.0 Å². The van der Waals surface area contributed by atoms with Crippen LogP contribution in [0.3, 0.4) is 0 Å². The Hall–Kier alpha value is -4.29. The minimum absolute atomic E-state index is 0.00108. The van der Waals surface area contributed by atoms with Crippen molar-refractivity contribution in [2.24, 2.45) is 23.7 Å². The quantitative estimate of drug-likeness (QED) is 0.0543. The van der Waals surface area contributed by atoms with Crippen molar-refractivity contribution in [2.45, 2.75) is 124 Å². The summed E-state index contributed by atoms with van der Waals surface area (Å²) in [5.74, 6) is -3.92. The third kappa shape index (κ3) is 20.5. The molecular weight excluding hydrogens is 916 g/mol. The molecule has 2 aliphatic heterocycles. The number of alkyl halides is 3. The lowest BCUT2D eigenvalue weighted by atomic mass is 9.81. The summed E-state index contributed by atoms with van der Waals surface area (Å²) in [5.41, 5.74) is -0.0375. The summed E-state index contributed by atoms with van der Waals surface area (Å²) in [6, 6.07) is 3.26. The van der Waals surface area contributed by atoms with E-state index in [0.29, 0.717) is 6.42 Å². The Balaban J connectivity index is 1.42. The molecule has 0 radical (unpaired) electrons. The first kappa shape index (κ1) is 59.0. The van der Waals surface area contributed by atoms with Crippen molar-refractivity contribution in [3.63, 3.8) is 0 Å². The average Bonchev–Trinajstić information content (AvgIpc) is 3.30. The number of hydrogen-bond donors (Lipinski definition) is 5. The first-order chi connectivity index (χ1) is 32.8. The molecule has 69 heavy (non-hydrogen) atoms. The molecule has 3 rings (SSSR count). The molecule has 2 saturated heterocycles. The van der Waals surface area contributed by atoms with Gasteiger partial charge in [-0.25, -0.2) is 0 Å². The summed E-state index contributed by atoms with van der Waals surface area (Å²) >= 11 is 0. The van der Waals surface area contributed by atoms with Crippen molar-refractivity contribution in [3.05, 3.63) is 29.3 Å². The molecule has 5 amide bonds. The van der Waals surface area contributed by atoms with E-state index in [1.54, 1.807) is 0 Å². The van der Waals surface area contributed by atoms with Crippen LogP contribution in [0, 0.1) is 23.7 Å². The monoisotopic (exact) mass is 990 g/mol. The Morgan fingerprint density at radius 3 is 1.55 bits per heavy atom. The van der Waals surface area contributed by atoms with Gasteiger partial charge in [-0.05, 0) is 61.1 Å². The Morgan fingerprint density at radius 1 is 0.609 bits per heavy atom. The minimum atomic E-state index is -5.20. The maximum absolute atomic E-state index is 13.3. The van der Waals surface area contributed by atoms with Crippen LogP contribution in [-0.2, 0) is 57.1 Å². The van der Waals surface area contributed by atoms with E-state index in [2.05, 4.69) is 49.0 Å². The van der Waals surface area contributed by atoms with Crippen molar-refractivity contribution in [2.75, 3.05) is 84.5 Å². The third-order valence-electron chi connectivity index (χ3n) is 12.2. The SMILES string of the molecule is CC[C@H]1OC(OCCOCCOCCCC(=O)c2cc(NC(=O)CNC(=O)C(F)(F)F)cc(C(=O)NCCOCCOCCOC3O[C@H](CC)[C@H](C)[C@H](C)[C@H]3NC(C)=O)c2)[C@H](NC(C)=O)[C@@H](C)[C@H]1C.